The van der Waals surface area contributed by atoms with Gasteiger partial charge in [-0.05, 0) is 12.6 Å². The second-order valence-corrected chi connectivity index (χ2v) is 2.35. The van der Waals surface area contributed by atoms with E-state index in [2.05, 4.69) is 10.1 Å². The highest BCUT2D eigenvalue weighted by molar-refractivity contribution is 5.71. The normalized spacial score (nSPS) is 38.2. The lowest BCUT2D eigenvalue weighted by Crippen LogP contribution is -2.25. The summed E-state index contributed by atoms with van der Waals surface area (Å²) in [6.45, 7) is 0.782. The summed E-state index contributed by atoms with van der Waals surface area (Å²) >= 11 is 0. The maximum Gasteiger partial charge on any atom is 0.155 e. The van der Waals surface area contributed by atoms with Gasteiger partial charge in [-0.2, -0.15) is 0 Å². The largest absolute Gasteiger partial charge is 0.390 e. The minimum absolute atomic E-state index is 0.245. The number of hydrogen-bond acceptors (Lipinski definition) is 3. The molecule has 9 heavy (non-hydrogen) atoms. The fourth-order valence-electron chi connectivity index (χ4n) is 1.12. The van der Waals surface area contributed by atoms with Gasteiger partial charge in [0.05, 0.1) is 12.8 Å². The molecule has 2 rings (SSSR count). The monoisotopic (exact) mass is 124 g/mol. The molecule has 0 aromatic heterocycles. The molecule has 0 spiro atoms. The molecule has 0 bridgehead atoms. The van der Waals surface area contributed by atoms with Gasteiger partial charge in [-0.1, -0.05) is 5.16 Å². The molecule has 0 amide bonds. The zero-order chi connectivity index (χ0) is 6.10. The van der Waals surface area contributed by atoms with Crippen LogP contribution in [0.3, 0.4) is 0 Å². The SMILES string of the molecule is C1=NCC2ON=CC2C1. The first-order chi connectivity index (χ1) is 4.47. The molecule has 3 nitrogen and oxygen atoms in total. The Kier molecular flexibility index (Phi) is 1.01. The van der Waals surface area contributed by atoms with E-state index in [4.69, 9.17) is 4.84 Å². The lowest BCUT2D eigenvalue weighted by molar-refractivity contribution is 0.0678. The average Bonchev–Trinajstić information content (AvgIpc) is 2.33. The summed E-state index contributed by atoms with van der Waals surface area (Å²) in [6, 6.07) is 0. The molecule has 48 valence electrons. The van der Waals surface area contributed by atoms with Crippen molar-refractivity contribution in [3.63, 3.8) is 0 Å². The van der Waals surface area contributed by atoms with Crippen molar-refractivity contribution in [1.82, 2.24) is 0 Å². The lowest BCUT2D eigenvalue weighted by atomic mass is 9.99. The van der Waals surface area contributed by atoms with Gasteiger partial charge in [-0.25, -0.2) is 0 Å². The van der Waals surface area contributed by atoms with Gasteiger partial charge in [0.25, 0.3) is 0 Å². The maximum absolute atomic E-state index is 5.01. The summed E-state index contributed by atoms with van der Waals surface area (Å²) in [6.07, 6.45) is 5.06. The van der Waals surface area contributed by atoms with Crippen LogP contribution in [-0.4, -0.2) is 25.1 Å². The Hall–Kier alpha value is -0.860. The van der Waals surface area contributed by atoms with Gasteiger partial charge in [0, 0.05) is 5.92 Å². The predicted octanol–water partition coefficient (Wildman–Crippen LogP) is 0.462. The summed E-state index contributed by atoms with van der Waals surface area (Å²) < 4.78 is 0. The number of fused-ring (bicyclic) bond motifs is 1. The molecule has 2 aliphatic rings. The van der Waals surface area contributed by atoms with Gasteiger partial charge < -0.3 is 4.84 Å². The van der Waals surface area contributed by atoms with E-state index >= 15 is 0 Å². The number of oxime groups is 1. The van der Waals surface area contributed by atoms with Crippen LogP contribution in [0.1, 0.15) is 6.42 Å². The molecule has 2 atom stereocenters. The molecule has 0 aromatic rings. The number of aliphatic imine (C=N–C) groups is 1. The molecular formula is C6H8N2O. The van der Waals surface area contributed by atoms with Crippen LogP contribution in [0.2, 0.25) is 0 Å². The molecule has 2 heterocycles. The van der Waals surface area contributed by atoms with Gasteiger partial charge in [0.15, 0.2) is 6.10 Å². The summed E-state index contributed by atoms with van der Waals surface area (Å²) in [5.74, 6) is 0.502. The molecule has 0 radical (unpaired) electrons. The Labute approximate surface area is 53.4 Å². The minimum atomic E-state index is 0.245. The maximum atomic E-state index is 5.01. The quantitative estimate of drug-likeness (QED) is 0.462. The summed E-state index contributed by atoms with van der Waals surface area (Å²) in [7, 11) is 0. The third kappa shape index (κ3) is 0.724. The smallest absolute Gasteiger partial charge is 0.155 e. The van der Waals surface area contributed by atoms with Crippen molar-refractivity contribution in [3.05, 3.63) is 0 Å². The first-order valence-electron chi connectivity index (χ1n) is 3.14. The van der Waals surface area contributed by atoms with Crippen molar-refractivity contribution in [1.29, 1.82) is 0 Å². The van der Waals surface area contributed by atoms with E-state index in [1.54, 1.807) is 0 Å². The van der Waals surface area contributed by atoms with Crippen LogP contribution in [0.5, 0.6) is 0 Å². The fraction of sp³-hybridized carbons (Fsp3) is 0.667. The molecule has 0 aromatic carbocycles. The van der Waals surface area contributed by atoms with Crippen LogP contribution < -0.4 is 0 Å². The summed E-state index contributed by atoms with van der Waals surface area (Å²) in [5, 5.41) is 3.72. The van der Waals surface area contributed by atoms with Gasteiger partial charge in [0.1, 0.15) is 0 Å². The van der Waals surface area contributed by atoms with E-state index in [1.165, 1.54) is 0 Å². The molecule has 0 saturated carbocycles. The zero-order valence-electron chi connectivity index (χ0n) is 5.03. The Bertz CT molecular complexity index is 164. The third-order valence-electron chi connectivity index (χ3n) is 1.72. The Morgan fingerprint density at radius 2 is 2.56 bits per heavy atom. The van der Waals surface area contributed by atoms with Crippen molar-refractivity contribution in [2.24, 2.45) is 16.1 Å². The minimum Gasteiger partial charge on any atom is -0.390 e. The van der Waals surface area contributed by atoms with Crippen LogP contribution in [0.4, 0.5) is 0 Å². The highest BCUT2D eigenvalue weighted by Gasteiger charge is 2.27. The second-order valence-electron chi connectivity index (χ2n) is 2.35. The van der Waals surface area contributed by atoms with Crippen molar-refractivity contribution in [2.75, 3.05) is 6.54 Å². The number of nitrogens with zero attached hydrogens (tertiary/aromatic N) is 2. The molecule has 2 aliphatic heterocycles. The first kappa shape index (κ1) is 4.97. The van der Waals surface area contributed by atoms with Gasteiger partial charge in [-0.3, -0.25) is 4.99 Å². The predicted molar refractivity (Wildman–Crippen MR) is 34.8 cm³/mol. The van der Waals surface area contributed by atoms with Gasteiger partial charge in [-0.15, -0.1) is 0 Å². The van der Waals surface area contributed by atoms with E-state index in [-0.39, 0.29) is 6.10 Å². The van der Waals surface area contributed by atoms with Crippen LogP contribution in [-0.2, 0) is 4.84 Å². The van der Waals surface area contributed by atoms with Crippen LogP contribution in [0, 0.1) is 5.92 Å². The van der Waals surface area contributed by atoms with E-state index in [1.807, 2.05) is 12.4 Å². The van der Waals surface area contributed by atoms with E-state index in [9.17, 15) is 0 Å². The molecular weight excluding hydrogens is 116 g/mol. The Morgan fingerprint density at radius 3 is 3.44 bits per heavy atom. The van der Waals surface area contributed by atoms with Crippen molar-refractivity contribution in [3.8, 4) is 0 Å². The molecule has 0 fully saturated rings. The van der Waals surface area contributed by atoms with Crippen molar-refractivity contribution in [2.45, 2.75) is 12.5 Å². The molecule has 0 N–H and O–H groups in total. The van der Waals surface area contributed by atoms with Crippen molar-refractivity contribution < 1.29 is 4.84 Å². The third-order valence-corrected chi connectivity index (χ3v) is 1.72. The van der Waals surface area contributed by atoms with E-state index in [0.29, 0.717) is 5.92 Å². The zero-order valence-corrected chi connectivity index (χ0v) is 5.03. The van der Waals surface area contributed by atoms with Crippen LogP contribution in [0.15, 0.2) is 10.1 Å². The topological polar surface area (TPSA) is 34.0 Å². The lowest BCUT2D eigenvalue weighted by Gasteiger charge is -2.15. The highest BCUT2D eigenvalue weighted by Crippen LogP contribution is 2.18. The Balaban J connectivity index is 2.13. The average molecular weight is 124 g/mol. The van der Waals surface area contributed by atoms with Crippen LogP contribution in [0.25, 0.3) is 0 Å². The van der Waals surface area contributed by atoms with E-state index in [0.717, 1.165) is 13.0 Å². The molecule has 2 unspecified atom stereocenters. The highest BCUT2D eigenvalue weighted by atomic mass is 16.6. The summed E-state index contributed by atoms with van der Waals surface area (Å²) in [5.41, 5.74) is 0. The van der Waals surface area contributed by atoms with E-state index < -0.39 is 0 Å². The summed E-state index contributed by atoms with van der Waals surface area (Å²) in [4.78, 5) is 9.10. The molecule has 3 heteroatoms. The second kappa shape index (κ2) is 1.83. The molecule has 0 aliphatic carbocycles. The fourth-order valence-corrected chi connectivity index (χ4v) is 1.12. The Morgan fingerprint density at radius 1 is 1.56 bits per heavy atom. The standard InChI is InChI=1S/C6H8N2O/c1-2-7-4-6-5(1)3-8-9-6/h2-3,5-6H,1,4H2. The van der Waals surface area contributed by atoms with Gasteiger partial charge in [0.2, 0.25) is 0 Å². The number of rotatable bonds is 0. The van der Waals surface area contributed by atoms with Crippen molar-refractivity contribution >= 4 is 12.4 Å². The first-order valence-corrected chi connectivity index (χ1v) is 3.14. The van der Waals surface area contributed by atoms with Gasteiger partial charge >= 0.3 is 0 Å². The molecule has 0 saturated heterocycles. The number of hydrogen-bond donors (Lipinski definition) is 0. The van der Waals surface area contributed by atoms with Crippen LogP contribution >= 0.6 is 0 Å².